The number of hydrogen-bond acceptors (Lipinski definition) is 4. The summed E-state index contributed by atoms with van der Waals surface area (Å²) in [5.74, 6) is -0.484. The average Bonchev–Trinajstić information content (AvgIpc) is 2.15. The fourth-order valence-electron chi connectivity index (χ4n) is 0.934. The molecule has 2 N–H and O–H groups in total. The SMILES string of the molecule is N#Cc1ncc(OC(F)(F)F)cc1CN. The Kier molecular flexibility index (Phi) is 3.11. The van der Waals surface area contributed by atoms with E-state index < -0.39 is 12.1 Å². The van der Waals surface area contributed by atoms with Crippen LogP contribution in [0.15, 0.2) is 12.3 Å². The summed E-state index contributed by atoms with van der Waals surface area (Å²) >= 11 is 0. The van der Waals surface area contributed by atoms with E-state index in [0.29, 0.717) is 0 Å². The summed E-state index contributed by atoms with van der Waals surface area (Å²) in [6.07, 6.45) is -3.95. The van der Waals surface area contributed by atoms with Crippen LogP contribution in [0, 0.1) is 11.3 Å². The zero-order chi connectivity index (χ0) is 11.5. The lowest BCUT2D eigenvalue weighted by atomic mass is 10.2. The van der Waals surface area contributed by atoms with Gasteiger partial charge >= 0.3 is 6.36 Å². The quantitative estimate of drug-likeness (QED) is 0.810. The largest absolute Gasteiger partial charge is 0.573 e. The second-order valence-electron chi connectivity index (χ2n) is 2.54. The highest BCUT2D eigenvalue weighted by Crippen LogP contribution is 2.23. The van der Waals surface area contributed by atoms with Crippen LogP contribution in [-0.4, -0.2) is 11.3 Å². The fourth-order valence-corrected chi connectivity index (χ4v) is 0.934. The van der Waals surface area contributed by atoms with Crippen molar-refractivity contribution in [1.29, 1.82) is 5.26 Å². The number of pyridine rings is 1. The highest BCUT2D eigenvalue weighted by Gasteiger charge is 2.31. The molecule has 0 aliphatic carbocycles. The van der Waals surface area contributed by atoms with Crippen LogP contribution in [-0.2, 0) is 6.54 Å². The Labute approximate surface area is 83.1 Å². The number of ether oxygens (including phenoxy) is 1. The molecule has 1 rings (SSSR count). The Morgan fingerprint density at radius 1 is 1.53 bits per heavy atom. The van der Waals surface area contributed by atoms with Gasteiger partial charge in [0, 0.05) is 12.1 Å². The van der Waals surface area contributed by atoms with Crippen LogP contribution in [0.3, 0.4) is 0 Å². The Balaban J connectivity index is 3.00. The third-order valence-electron chi connectivity index (χ3n) is 1.50. The minimum atomic E-state index is -4.78. The zero-order valence-electron chi connectivity index (χ0n) is 7.38. The molecule has 0 amide bonds. The van der Waals surface area contributed by atoms with Crippen molar-refractivity contribution < 1.29 is 17.9 Å². The van der Waals surface area contributed by atoms with Gasteiger partial charge in [0.25, 0.3) is 0 Å². The summed E-state index contributed by atoms with van der Waals surface area (Å²) in [4.78, 5) is 3.49. The molecule has 0 aromatic carbocycles. The molecule has 0 radical (unpaired) electrons. The van der Waals surface area contributed by atoms with Crippen molar-refractivity contribution in [2.24, 2.45) is 5.73 Å². The fraction of sp³-hybridized carbons (Fsp3) is 0.250. The van der Waals surface area contributed by atoms with E-state index in [1.54, 1.807) is 6.07 Å². The Morgan fingerprint density at radius 2 is 2.20 bits per heavy atom. The van der Waals surface area contributed by atoms with Gasteiger partial charge in [-0.1, -0.05) is 0 Å². The number of rotatable bonds is 2. The molecule has 7 heteroatoms. The van der Waals surface area contributed by atoms with E-state index in [9.17, 15) is 13.2 Å². The van der Waals surface area contributed by atoms with Crippen LogP contribution < -0.4 is 10.5 Å². The molecule has 0 aliphatic heterocycles. The summed E-state index contributed by atoms with van der Waals surface area (Å²) < 4.78 is 39.1. The zero-order valence-corrected chi connectivity index (χ0v) is 7.38. The van der Waals surface area contributed by atoms with E-state index in [0.717, 1.165) is 12.3 Å². The number of nitrogens with two attached hydrogens (primary N) is 1. The van der Waals surface area contributed by atoms with Crippen molar-refractivity contribution in [3.63, 3.8) is 0 Å². The van der Waals surface area contributed by atoms with Crippen molar-refractivity contribution in [2.75, 3.05) is 0 Å². The van der Waals surface area contributed by atoms with E-state index in [4.69, 9.17) is 11.0 Å². The van der Waals surface area contributed by atoms with Crippen molar-refractivity contribution in [1.82, 2.24) is 4.98 Å². The van der Waals surface area contributed by atoms with Gasteiger partial charge in [0.15, 0.2) is 0 Å². The maximum absolute atomic E-state index is 11.8. The topological polar surface area (TPSA) is 71.9 Å². The first-order chi connectivity index (χ1) is 6.96. The van der Waals surface area contributed by atoms with Gasteiger partial charge in [0.05, 0.1) is 6.20 Å². The molecule has 0 aliphatic rings. The van der Waals surface area contributed by atoms with Gasteiger partial charge in [-0.15, -0.1) is 13.2 Å². The molecule has 0 saturated carbocycles. The number of alkyl halides is 3. The van der Waals surface area contributed by atoms with Crippen LogP contribution in [0.25, 0.3) is 0 Å². The first-order valence-electron chi connectivity index (χ1n) is 3.81. The van der Waals surface area contributed by atoms with Crippen molar-refractivity contribution >= 4 is 0 Å². The van der Waals surface area contributed by atoms with Gasteiger partial charge in [-0.25, -0.2) is 4.98 Å². The van der Waals surface area contributed by atoms with E-state index in [2.05, 4.69) is 9.72 Å². The molecule has 0 spiro atoms. The Morgan fingerprint density at radius 3 is 2.67 bits per heavy atom. The minimum absolute atomic E-state index is 0.00738. The van der Waals surface area contributed by atoms with E-state index >= 15 is 0 Å². The average molecular weight is 217 g/mol. The number of nitrogens with zero attached hydrogens (tertiary/aromatic N) is 2. The number of hydrogen-bond donors (Lipinski definition) is 1. The molecule has 0 unspecified atom stereocenters. The van der Waals surface area contributed by atoms with Crippen LogP contribution in [0.5, 0.6) is 5.75 Å². The van der Waals surface area contributed by atoms with Gasteiger partial charge in [0.2, 0.25) is 0 Å². The minimum Gasteiger partial charge on any atom is -0.404 e. The number of aromatic nitrogens is 1. The Hall–Kier alpha value is -1.81. The Bertz CT molecular complexity index is 397. The number of nitriles is 1. The van der Waals surface area contributed by atoms with Gasteiger partial charge in [0.1, 0.15) is 17.5 Å². The molecule has 4 nitrogen and oxygen atoms in total. The standard InChI is InChI=1S/C8H6F3N3O/c9-8(10,11)15-6-1-5(2-12)7(3-13)14-4-6/h1,4H,2,12H2. The van der Waals surface area contributed by atoms with Crippen molar-refractivity contribution in [3.8, 4) is 11.8 Å². The van der Waals surface area contributed by atoms with Crippen LogP contribution in [0.1, 0.15) is 11.3 Å². The molecule has 1 heterocycles. The lowest BCUT2D eigenvalue weighted by Crippen LogP contribution is -2.17. The lowest BCUT2D eigenvalue weighted by molar-refractivity contribution is -0.274. The van der Waals surface area contributed by atoms with Crippen LogP contribution in [0.4, 0.5) is 13.2 Å². The molecule has 1 aromatic heterocycles. The second-order valence-corrected chi connectivity index (χ2v) is 2.54. The normalized spacial score (nSPS) is 10.9. The highest BCUT2D eigenvalue weighted by atomic mass is 19.4. The molecule has 0 saturated heterocycles. The molecular weight excluding hydrogens is 211 g/mol. The summed E-state index contributed by atoms with van der Waals surface area (Å²) in [5, 5.41) is 8.54. The molecule has 80 valence electrons. The van der Waals surface area contributed by atoms with E-state index in [1.165, 1.54) is 0 Å². The molecule has 0 fully saturated rings. The first-order valence-corrected chi connectivity index (χ1v) is 3.81. The summed E-state index contributed by atoms with van der Waals surface area (Å²) in [6.45, 7) is -0.0784. The summed E-state index contributed by atoms with van der Waals surface area (Å²) in [5.41, 5.74) is 5.43. The van der Waals surface area contributed by atoms with Gasteiger partial charge in [-0.2, -0.15) is 5.26 Å². The van der Waals surface area contributed by atoms with Crippen molar-refractivity contribution in [3.05, 3.63) is 23.5 Å². The third-order valence-corrected chi connectivity index (χ3v) is 1.50. The molecule has 15 heavy (non-hydrogen) atoms. The second kappa shape index (κ2) is 4.14. The van der Waals surface area contributed by atoms with E-state index in [1.807, 2.05) is 0 Å². The van der Waals surface area contributed by atoms with Crippen molar-refractivity contribution in [2.45, 2.75) is 12.9 Å². The summed E-state index contributed by atoms with van der Waals surface area (Å²) in [6, 6.07) is 2.75. The van der Waals surface area contributed by atoms with Gasteiger partial charge in [-0.3, -0.25) is 0 Å². The van der Waals surface area contributed by atoms with E-state index in [-0.39, 0.29) is 17.8 Å². The maximum Gasteiger partial charge on any atom is 0.573 e. The first kappa shape index (κ1) is 11.3. The maximum atomic E-state index is 11.8. The summed E-state index contributed by atoms with van der Waals surface area (Å²) in [7, 11) is 0. The molecule has 1 aromatic rings. The van der Waals surface area contributed by atoms with Crippen LogP contribution in [0.2, 0.25) is 0 Å². The number of halogens is 3. The molecule has 0 bridgehead atoms. The third kappa shape index (κ3) is 3.11. The molecule has 0 atom stereocenters. The monoisotopic (exact) mass is 217 g/mol. The predicted molar refractivity (Wildman–Crippen MR) is 43.5 cm³/mol. The van der Waals surface area contributed by atoms with Gasteiger partial charge < -0.3 is 10.5 Å². The van der Waals surface area contributed by atoms with Crippen LogP contribution >= 0.6 is 0 Å². The highest BCUT2D eigenvalue weighted by molar-refractivity contribution is 5.36. The predicted octanol–water partition coefficient (Wildman–Crippen LogP) is 1.31. The molecular formula is C8H6F3N3O. The smallest absolute Gasteiger partial charge is 0.404 e. The lowest BCUT2D eigenvalue weighted by Gasteiger charge is -2.09. The van der Waals surface area contributed by atoms with Gasteiger partial charge in [-0.05, 0) is 6.07 Å².